The van der Waals surface area contributed by atoms with E-state index in [2.05, 4.69) is 15.5 Å². The number of benzene rings is 1. The average molecular weight is 261 g/mol. The van der Waals surface area contributed by atoms with Crippen LogP contribution in [-0.4, -0.2) is 27.3 Å². The molecule has 1 atom stereocenters. The van der Waals surface area contributed by atoms with Crippen LogP contribution in [0.4, 0.5) is 0 Å². The number of aliphatic carboxylic acids is 1. The van der Waals surface area contributed by atoms with Gasteiger partial charge in [-0.3, -0.25) is 10.1 Å². The molecule has 0 bridgehead atoms. The second-order valence-electron chi connectivity index (χ2n) is 4.27. The number of carboxylic acids is 1. The third-order valence-electron chi connectivity index (χ3n) is 2.78. The maximum absolute atomic E-state index is 10.7. The highest BCUT2D eigenvalue weighted by molar-refractivity contribution is 5.72. The molecule has 1 aromatic heterocycles. The van der Waals surface area contributed by atoms with Crippen LogP contribution in [0.5, 0.6) is 0 Å². The first-order valence-corrected chi connectivity index (χ1v) is 5.92. The van der Waals surface area contributed by atoms with Crippen molar-refractivity contribution in [3.63, 3.8) is 0 Å². The lowest BCUT2D eigenvalue weighted by Crippen LogP contribution is -2.33. The number of hydrogen-bond donors (Lipinski definition) is 2. The molecule has 0 aliphatic carbocycles. The maximum Gasteiger partial charge on any atom is 0.320 e. The summed E-state index contributed by atoms with van der Waals surface area (Å²) in [5.74, 6) is -0.0390. The van der Waals surface area contributed by atoms with Crippen molar-refractivity contribution < 1.29 is 14.4 Å². The highest BCUT2D eigenvalue weighted by Gasteiger charge is 2.13. The van der Waals surface area contributed by atoms with Gasteiger partial charge in [0.15, 0.2) is 0 Å². The molecule has 1 heterocycles. The zero-order valence-electron chi connectivity index (χ0n) is 10.8. The van der Waals surface area contributed by atoms with E-state index in [-0.39, 0.29) is 6.54 Å². The number of aryl methyl sites for hydroxylation is 1. The highest BCUT2D eigenvalue weighted by atomic mass is 16.5. The SMILES string of the molecule is Cc1ccccc1-c1noc(CN[C@@H](C)C(=O)O)n1. The van der Waals surface area contributed by atoms with Gasteiger partial charge in [-0.05, 0) is 19.4 Å². The van der Waals surface area contributed by atoms with Gasteiger partial charge in [0.2, 0.25) is 11.7 Å². The van der Waals surface area contributed by atoms with Crippen LogP contribution in [0.2, 0.25) is 0 Å². The van der Waals surface area contributed by atoms with Crippen molar-refractivity contribution in [1.82, 2.24) is 15.5 Å². The average Bonchev–Trinajstić information content (AvgIpc) is 2.85. The van der Waals surface area contributed by atoms with Crippen molar-refractivity contribution in [2.75, 3.05) is 0 Å². The summed E-state index contributed by atoms with van der Waals surface area (Å²) in [6.45, 7) is 3.75. The fourth-order valence-electron chi connectivity index (χ4n) is 1.59. The second kappa shape index (κ2) is 5.62. The quantitative estimate of drug-likeness (QED) is 0.850. The topological polar surface area (TPSA) is 88.2 Å². The lowest BCUT2D eigenvalue weighted by molar-refractivity contribution is -0.139. The molecule has 0 radical (unpaired) electrons. The van der Waals surface area contributed by atoms with Crippen molar-refractivity contribution in [3.05, 3.63) is 35.7 Å². The minimum Gasteiger partial charge on any atom is -0.480 e. The maximum atomic E-state index is 10.7. The Hall–Kier alpha value is -2.21. The van der Waals surface area contributed by atoms with Gasteiger partial charge in [-0.15, -0.1) is 0 Å². The van der Waals surface area contributed by atoms with Gasteiger partial charge >= 0.3 is 5.97 Å². The predicted molar refractivity (Wildman–Crippen MR) is 68.4 cm³/mol. The molecule has 0 aliphatic rings. The molecule has 0 unspecified atom stereocenters. The number of aromatic nitrogens is 2. The van der Waals surface area contributed by atoms with E-state index in [0.29, 0.717) is 11.7 Å². The van der Waals surface area contributed by atoms with Crippen LogP contribution in [-0.2, 0) is 11.3 Å². The van der Waals surface area contributed by atoms with E-state index in [1.807, 2.05) is 31.2 Å². The number of hydrogen-bond acceptors (Lipinski definition) is 5. The molecule has 100 valence electrons. The molecule has 0 fully saturated rings. The van der Waals surface area contributed by atoms with Crippen LogP contribution in [0.1, 0.15) is 18.4 Å². The second-order valence-corrected chi connectivity index (χ2v) is 4.27. The minimum atomic E-state index is -0.918. The minimum absolute atomic E-state index is 0.229. The first kappa shape index (κ1) is 13.2. The number of rotatable bonds is 5. The summed E-state index contributed by atoms with van der Waals surface area (Å²) in [5.41, 5.74) is 1.96. The summed E-state index contributed by atoms with van der Waals surface area (Å²) < 4.78 is 5.09. The van der Waals surface area contributed by atoms with Crippen molar-refractivity contribution in [2.45, 2.75) is 26.4 Å². The zero-order valence-corrected chi connectivity index (χ0v) is 10.8. The molecule has 0 spiro atoms. The standard InChI is InChI=1S/C13H15N3O3/c1-8-5-3-4-6-10(8)12-15-11(19-16-12)7-14-9(2)13(17)18/h3-6,9,14H,7H2,1-2H3,(H,17,18)/t9-/m0/s1. The molecule has 2 rings (SSSR count). The van der Waals surface area contributed by atoms with E-state index < -0.39 is 12.0 Å². The van der Waals surface area contributed by atoms with Gasteiger partial charge in [0.1, 0.15) is 6.04 Å². The molecule has 0 aliphatic heterocycles. The normalized spacial score (nSPS) is 12.3. The summed E-state index contributed by atoms with van der Waals surface area (Å²) in [4.78, 5) is 14.9. The molecule has 6 heteroatoms. The van der Waals surface area contributed by atoms with Gasteiger partial charge in [-0.25, -0.2) is 0 Å². The largest absolute Gasteiger partial charge is 0.480 e. The van der Waals surface area contributed by atoms with Crippen LogP contribution in [0.3, 0.4) is 0 Å². The van der Waals surface area contributed by atoms with E-state index >= 15 is 0 Å². The Morgan fingerprint density at radius 3 is 2.89 bits per heavy atom. The summed E-state index contributed by atoms with van der Waals surface area (Å²) in [5, 5.41) is 15.4. The van der Waals surface area contributed by atoms with Crippen LogP contribution in [0.25, 0.3) is 11.4 Å². The predicted octanol–water partition coefficient (Wildman–Crippen LogP) is 1.61. The smallest absolute Gasteiger partial charge is 0.320 e. The highest BCUT2D eigenvalue weighted by Crippen LogP contribution is 2.19. The molecule has 0 saturated heterocycles. The monoisotopic (exact) mass is 261 g/mol. The van der Waals surface area contributed by atoms with Crippen molar-refractivity contribution in [2.24, 2.45) is 0 Å². The van der Waals surface area contributed by atoms with Crippen molar-refractivity contribution >= 4 is 5.97 Å². The molecular weight excluding hydrogens is 246 g/mol. The molecule has 1 aromatic carbocycles. The molecule has 2 N–H and O–H groups in total. The first-order chi connectivity index (χ1) is 9.08. The summed E-state index contributed by atoms with van der Waals surface area (Å²) >= 11 is 0. The van der Waals surface area contributed by atoms with E-state index in [1.54, 1.807) is 6.92 Å². The van der Waals surface area contributed by atoms with E-state index in [1.165, 1.54) is 0 Å². The summed E-state index contributed by atoms with van der Waals surface area (Å²) in [6.07, 6.45) is 0. The van der Waals surface area contributed by atoms with E-state index in [9.17, 15) is 4.79 Å². The molecule has 6 nitrogen and oxygen atoms in total. The Kier molecular flexibility index (Phi) is 3.91. The number of nitrogens with zero attached hydrogens (tertiary/aromatic N) is 2. The van der Waals surface area contributed by atoms with Crippen molar-refractivity contribution in [1.29, 1.82) is 0 Å². The van der Waals surface area contributed by atoms with E-state index in [4.69, 9.17) is 9.63 Å². The van der Waals surface area contributed by atoms with Gasteiger partial charge in [0.25, 0.3) is 0 Å². The Labute approximate surface area is 110 Å². The van der Waals surface area contributed by atoms with Gasteiger partial charge < -0.3 is 9.63 Å². The fraction of sp³-hybridized carbons (Fsp3) is 0.308. The van der Waals surface area contributed by atoms with Crippen molar-refractivity contribution in [3.8, 4) is 11.4 Å². The van der Waals surface area contributed by atoms with Gasteiger partial charge in [-0.2, -0.15) is 4.98 Å². The molecular formula is C13H15N3O3. The number of carbonyl (C=O) groups is 1. The van der Waals surface area contributed by atoms with Crippen LogP contribution in [0, 0.1) is 6.92 Å². The van der Waals surface area contributed by atoms with Crippen LogP contribution >= 0.6 is 0 Å². The lowest BCUT2D eigenvalue weighted by Gasteiger charge is -2.05. The number of nitrogens with one attached hydrogen (secondary N) is 1. The molecule has 0 amide bonds. The van der Waals surface area contributed by atoms with Crippen LogP contribution in [0.15, 0.2) is 28.8 Å². The Morgan fingerprint density at radius 1 is 1.47 bits per heavy atom. The lowest BCUT2D eigenvalue weighted by atomic mass is 10.1. The third-order valence-corrected chi connectivity index (χ3v) is 2.78. The fourth-order valence-corrected chi connectivity index (χ4v) is 1.59. The first-order valence-electron chi connectivity index (χ1n) is 5.92. The zero-order chi connectivity index (χ0) is 13.8. The summed E-state index contributed by atoms with van der Waals surface area (Å²) in [7, 11) is 0. The van der Waals surface area contributed by atoms with Gasteiger partial charge in [0, 0.05) is 5.56 Å². The molecule has 0 saturated carbocycles. The molecule has 19 heavy (non-hydrogen) atoms. The van der Waals surface area contributed by atoms with Gasteiger partial charge in [0.05, 0.1) is 6.54 Å². The Morgan fingerprint density at radius 2 is 2.21 bits per heavy atom. The van der Waals surface area contributed by atoms with Gasteiger partial charge in [-0.1, -0.05) is 29.4 Å². The molecule has 2 aromatic rings. The Balaban J connectivity index is 2.08. The summed E-state index contributed by atoms with van der Waals surface area (Å²) in [6, 6.07) is 7.07. The third kappa shape index (κ3) is 3.17. The van der Waals surface area contributed by atoms with Crippen LogP contribution < -0.4 is 5.32 Å². The Bertz CT molecular complexity index is 580. The van der Waals surface area contributed by atoms with E-state index in [0.717, 1.165) is 11.1 Å². The number of carboxylic acid groups (broad SMARTS) is 1.